The van der Waals surface area contributed by atoms with Gasteiger partial charge in [-0.2, -0.15) is 0 Å². The van der Waals surface area contributed by atoms with Crippen LogP contribution in [0.5, 0.6) is 0 Å². The first-order chi connectivity index (χ1) is 12.1. The molecule has 0 aromatic heterocycles. The minimum Gasteiger partial charge on any atom is -0.341 e. The number of amides is 4. The first kappa shape index (κ1) is 16.8. The standard InChI is InChI=1S/C18H28N4O3/c23-15(21-9-5-14(6-10-21)19-11-13-3-4-13)12-22-16(24)18(20-17(22)25)7-1-2-8-18/h13-14,19H,1-12H2,(H,20,25). The normalized spacial score (nSPS) is 26.6. The Morgan fingerprint density at radius 3 is 2.44 bits per heavy atom. The minimum absolute atomic E-state index is 0.112. The third kappa shape index (κ3) is 3.38. The molecule has 0 bridgehead atoms. The van der Waals surface area contributed by atoms with Crippen LogP contribution in [0.3, 0.4) is 0 Å². The maximum atomic E-state index is 12.6. The molecule has 2 N–H and O–H groups in total. The average Bonchev–Trinajstić information content (AvgIpc) is 3.29. The molecule has 2 saturated carbocycles. The predicted octanol–water partition coefficient (Wildman–Crippen LogP) is 0.842. The van der Waals surface area contributed by atoms with Crippen LogP contribution in [0.15, 0.2) is 0 Å². The van der Waals surface area contributed by atoms with Gasteiger partial charge in [0.15, 0.2) is 0 Å². The fourth-order valence-corrected chi connectivity index (χ4v) is 4.36. The number of nitrogens with one attached hydrogen (secondary N) is 2. The number of likely N-dealkylation sites (tertiary alicyclic amines) is 1. The lowest BCUT2D eigenvalue weighted by atomic mass is 9.98. The highest BCUT2D eigenvalue weighted by atomic mass is 16.2. The fourth-order valence-electron chi connectivity index (χ4n) is 4.36. The maximum Gasteiger partial charge on any atom is 0.325 e. The Morgan fingerprint density at radius 1 is 1.12 bits per heavy atom. The number of hydrogen-bond donors (Lipinski definition) is 2. The number of rotatable bonds is 5. The van der Waals surface area contributed by atoms with Crippen LogP contribution < -0.4 is 10.6 Å². The van der Waals surface area contributed by atoms with Crippen molar-refractivity contribution >= 4 is 17.8 Å². The number of carbonyl (C=O) groups is 3. The Balaban J connectivity index is 1.27. The second-order valence-electron chi connectivity index (χ2n) is 8.12. The van der Waals surface area contributed by atoms with Gasteiger partial charge in [0.1, 0.15) is 12.1 Å². The molecule has 0 aromatic carbocycles. The molecule has 1 spiro atoms. The molecule has 7 heteroatoms. The van der Waals surface area contributed by atoms with E-state index in [1.54, 1.807) is 4.90 Å². The van der Waals surface area contributed by atoms with Crippen LogP contribution in [0, 0.1) is 5.92 Å². The molecule has 0 atom stereocenters. The second kappa shape index (κ2) is 6.59. The average molecular weight is 348 g/mol. The summed E-state index contributed by atoms with van der Waals surface area (Å²) in [6.07, 6.45) is 7.88. The zero-order valence-electron chi connectivity index (χ0n) is 14.8. The molecule has 4 fully saturated rings. The summed E-state index contributed by atoms with van der Waals surface area (Å²) in [5, 5.41) is 6.43. The maximum absolute atomic E-state index is 12.6. The number of carbonyl (C=O) groups excluding carboxylic acids is 3. The number of urea groups is 1. The molecule has 7 nitrogen and oxygen atoms in total. The van der Waals surface area contributed by atoms with E-state index in [1.807, 2.05) is 0 Å². The van der Waals surface area contributed by atoms with E-state index < -0.39 is 11.6 Å². The van der Waals surface area contributed by atoms with Gasteiger partial charge in [-0.05, 0) is 51.0 Å². The van der Waals surface area contributed by atoms with Gasteiger partial charge in [-0.25, -0.2) is 4.79 Å². The van der Waals surface area contributed by atoms with Crippen LogP contribution >= 0.6 is 0 Å². The van der Waals surface area contributed by atoms with Crippen LogP contribution in [0.25, 0.3) is 0 Å². The summed E-state index contributed by atoms with van der Waals surface area (Å²) in [6.45, 7) is 2.39. The van der Waals surface area contributed by atoms with Gasteiger partial charge in [0.05, 0.1) is 0 Å². The molecule has 4 amide bonds. The van der Waals surface area contributed by atoms with E-state index in [2.05, 4.69) is 10.6 Å². The number of piperidine rings is 1. The van der Waals surface area contributed by atoms with Gasteiger partial charge >= 0.3 is 6.03 Å². The summed E-state index contributed by atoms with van der Waals surface area (Å²) >= 11 is 0. The van der Waals surface area contributed by atoms with Crippen LogP contribution in [0.2, 0.25) is 0 Å². The highest BCUT2D eigenvalue weighted by Gasteiger charge is 2.52. The van der Waals surface area contributed by atoms with E-state index in [1.165, 1.54) is 12.8 Å². The Labute approximate surface area is 148 Å². The van der Waals surface area contributed by atoms with Crippen molar-refractivity contribution in [1.82, 2.24) is 20.4 Å². The van der Waals surface area contributed by atoms with Gasteiger partial charge in [-0.3, -0.25) is 14.5 Å². The van der Waals surface area contributed by atoms with E-state index in [4.69, 9.17) is 0 Å². The van der Waals surface area contributed by atoms with Gasteiger partial charge in [-0.15, -0.1) is 0 Å². The Bertz CT molecular complexity index is 561. The molecule has 2 aliphatic heterocycles. The zero-order chi connectivity index (χ0) is 17.4. The van der Waals surface area contributed by atoms with Crippen molar-refractivity contribution in [2.75, 3.05) is 26.2 Å². The number of hydrogen-bond acceptors (Lipinski definition) is 4. The number of imide groups is 1. The largest absolute Gasteiger partial charge is 0.341 e. The van der Waals surface area contributed by atoms with E-state index in [-0.39, 0.29) is 18.4 Å². The molecule has 4 rings (SSSR count). The van der Waals surface area contributed by atoms with Crippen LogP contribution in [-0.4, -0.2) is 65.4 Å². The number of nitrogens with zero attached hydrogens (tertiary/aromatic N) is 2. The molecule has 2 saturated heterocycles. The summed E-state index contributed by atoms with van der Waals surface area (Å²) in [4.78, 5) is 40.3. The van der Waals surface area contributed by atoms with Crippen molar-refractivity contribution in [3.8, 4) is 0 Å². The van der Waals surface area contributed by atoms with E-state index in [0.717, 1.165) is 43.0 Å². The van der Waals surface area contributed by atoms with Crippen LogP contribution in [-0.2, 0) is 9.59 Å². The Hall–Kier alpha value is -1.63. The first-order valence-corrected chi connectivity index (χ1v) is 9.73. The molecule has 0 unspecified atom stereocenters. The molecule has 0 radical (unpaired) electrons. The van der Waals surface area contributed by atoms with Gasteiger partial charge in [-0.1, -0.05) is 12.8 Å². The Morgan fingerprint density at radius 2 is 1.80 bits per heavy atom. The van der Waals surface area contributed by atoms with Gasteiger partial charge in [0.2, 0.25) is 5.91 Å². The van der Waals surface area contributed by atoms with Crippen molar-refractivity contribution < 1.29 is 14.4 Å². The third-order valence-corrected chi connectivity index (χ3v) is 6.24. The summed E-state index contributed by atoms with van der Waals surface area (Å²) in [6, 6.07) is 0.0874. The molecule has 2 aliphatic carbocycles. The second-order valence-corrected chi connectivity index (χ2v) is 8.12. The van der Waals surface area contributed by atoms with E-state index >= 15 is 0 Å². The predicted molar refractivity (Wildman–Crippen MR) is 91.8 cm³/mol. The lowest BCUT2D eigenvalue weighted by Gasteiger charge is -2.33. The van der Waals surface area contributed by atoms with Gasteiger partial charge in [0.25, 0.3) is 5.91 Å². The van der Waals surface area contributed by atoms with E-state index in [0.29, 0.717) is 32.0 Å². The van der Waals surface area contributed by atoms with E-state index in [9.17, 15) is 14.4 Å². The first-order valence-electron chi connectivity index (χ1n) is 9.73. The smallest absolute Gasteiger partial charge is 0.325 e. The van der Waals surface area contributed by atoms with Crippen LogP contribution in [0.1, 0.15) is 51.4 Å². The van der Waals surface area contributed by atoms with Gasteiger partial charge < -0.3 is 15.5 Å². The molecule has 25 heavy (non-hydrogen) atoms. The summed E-state index contributed by atoms with van der Waals surface area (Å²) in [5.41, 5.74) is -0.725. The monoisotopic (exact) mass is 348 g/mol. The van der Waals surface area contributed by atoms with Crippen molar-refractivity contribution in [1.29, 1.82) is 0 Å². The summed E-state index contributed by atoms with van der Waals surface area (Å²) in [5.74, 6) is 0.547. The molecular weight excluding hydrogens is 320 g/mol. The molecule has 2 heterocycles. The zero-order valence-corrected chi connectivity index (χ0v) is 14.8. The molecule has 4 aliphatic rings. The third-order valence-electron chi connectivity index (χ3n) is 6.24. The quantitative estimate of drug-likeness (QED) is 0.722. The lowest BCUT2D eigenvalue weighted by Crippen LogP contribution is -2.49. The van der Waals surface area contributed by atoms with Crippen molar-refractivity contribution in [3.63, 3.8) is 0 Å². The highest BCUT2D eigenvalue weighted by molar-refractivity contribution is 6.09. The SMILES string of the molecule is O=C(CN1C(=O)NC2(CCCC2)C1=O)N1CCC(NCC2CC2)CC1. The van der Waals surface area contributed by atoms with Crippen molar-refractivity contribution in [2.24, 2.45) is 5.92 Å². The minimum atomic E-state index is -0.725. The van der Waals surface area contributed by atoms with Crippen molar-refractivity contribution in [3.05, 3.63) is 0 Å². The topological polar surface area (TPSA) is 81.8 Å². The summed E-state index contributed by atoms with van der Waals surface area (Å²) < 4.78 is 0. The van der Waals surface area contributed by atoms with Crippen molar-refractivity contribution in [2.45, 2.75) is 62.9 Å². The molecule has 0 aromatic rings. The van der Waals surface area contributed by atoms with Gasteiger partial charge in [0, 0.05) is 19.1 Å². The Kier molecular flexibility index (Phi) is 4.43. The van der Waals surface area contributed by atoms with Crippen LogP contribution in [0.4, 0.5) is 4.79 Å². The highest BCUT2D eigenvalue weighted by Crippen LogP contribution is 2.35. The fraction of sp³-hybridized carbons (Fsp3) is 0.833. The summed E-state index contributed by atoms with van der Waals surface area (Å²) in [7, 11) is 0. The molecule has 138 valence electrons. The lowest BCUT2D eigenvalue weighted by molar-refractivity contribution is -0.139. The molecular formula is C18H28N4O3.